The Labute approximate surface area is 189 Å². The van der Waals surface area contributed by atoms with E-state index in [1.807, 2.05) is 19.3 Å². The van der Waals surface area contributed by atoms with Gasteiger partial charge in [-0.2, -0.15) is 0 Å². The molecule has 7 nitrogen and oxygen atoms in total. The average molecular weight is 454 g/mol. The molecule has 0 aliphatic carbocycles. The summed E-state index contributed by atoms with van der Waals surface area (Å²) in [6.45, 7) is 3.71. The second-order valence-corrected chi connectivity index (χ2v) is 9.13. The van der Waals surface area contributed by atoms with Gasteiger partial charge in [0, 0.05) is 54.0 Å². The predicted molar refractivity (Wildman–Crippen MR) is 128 cm³/mol. The van der Waals surface area contributed by atoms with E-state index in [0.717, 1.165) is 70.0 Å². The molecule has 3 aromatic heterocycles. The smallest absolute Gasteiger partial charge is 0.196 e. The minimum Gasteiger partial charge on any atom is -0.388 e. The zero-order chi connectivity index (χ0) is 21.5. The third-order valence-electron chi connectivity index (χ3n) is 5.69. The number of pyridine rings is 1. The molecule has 0 spiro atoms. The summed E-state index contributed by atoms with van der Waals surface area (Å²) in [5.41, 5.74) is 9.91. The minimum atomic E-state index is 0.150. The highest BCUT2D eigenvalue weighted by atomic mass is 35.5. The number of rotatable bonds is 5. The first-order valence-corrected chi connectivity index (χ1v) is 11.6. The summed E-state index contributed by atoms with van der Waals surface area (Å²) >= 11 is 8.22. The van der Waals surface area contributed by atoms with Crippen LogP contribution in [0.5, 0.6) is 0 Å². The molecular formula is C22H24ClN7S. The third-order valence-corrected chi connectivity index (χ3v) is 6.97. The topological polar surface area (TPSA) is 95.8 Å². The molecule has 1 saturated heterocycles. The maximum atomic E-state index is 6.69. The highest BCUT2D eigenvalue weighted by molar-refractivity contribution is 7.99. The summed E-state index contributed by atoms with van der Waals surface area (Å²) in [5, 5.41) is 6.56. The highest BCUT2D eigenvalue weighted by Crippen LogP contribution is 2.38. The van der Waals surface area contributed by atoms with Gasteiger partial charge in [0.05, 0.1) is 15.9 Å². The zero-order valence-corrected chi connectivity index (χ0v) is 19.0. The van der Waals surface area contributed by atoms with Gasteiger partial charge in [-0.05, 0) is 48.9 Å². The fourth-order valence-corrected chi connectivity index (χ4v) is 5.22. The van der Waals surface area contributed by atoms with Crippen molar-refractivity contribution < 1.29 is 0 Å². The zero-order valence-electron chi connectivity index (χ0n) is 17.4. The van der Waals surface area contributed by atoms with Gasteiger partial charge in [-0.1, -0.05) is 18.5 Å². The molecule has 0 amide bonds. The molecular weight excluding hydrogens is 430 g/mol. The SMILES string of the molecule is CCc1[nH]c2nc(Sc3ccc4c(NC)ccnc4c3)nc(N3CCC(N)C3)c2c1Cl. The molecule has 1 aliphatic rings. The molecule has 4 N–H and O–H groups in total. The molecule has 31 heavy (non-hydrogen) atoms. The first-order chi connectivity index (χ1) is 15.1. The Balaban J connectivity index is 1.58. The summed E-state index contributed by atoms with van der Waals surface area (Å²) in [6.07, 6.45) is 3.56. The molecule has 1 aromatic carbocycles. The quantitative estimate of drug-likeness (QED) is 0.384. The second-order valence-electron chi connectivity index (χ2n) is 7.71. The third kappa shape index (κ3) is 3.69. The monoisotopic (exact) mass is 453 g/mol. The van der Waals surface area contributed by atoms with Crippen LogP contribution in [0.25, 0.3) is 21.9 Å². The number of aromatic amines is 1. The van der Waals surface area contributed by atoms with Crippen LogP contribution in [0.15, 0.2) is 40.5 Å². The molecule has 4 aromatic rings. The summed E-state index contributed by atoms with van der Waals surface area (Å²) in [6, 6.07) is 8.35. The number of hydrogen-bond acceptors (Lipinski definition) is 7. The number of aryl methyl sites for hydroxylation is 1. The normalized spacial score (nSPS) is 16.5. The molecule has 0 saturated carbocycles. The van der Waals surface area contributed by atoms with Crippen molar-refractivity contribution >= 4 is 56.8 Å². The van der Waals surface area contributed by atoms with E-state index in [1.165, 1.54) is 11.8 Å². The number of halogens is 1. The molecule has 1 unspecified atom stereocenters. The lowest BCUT2D eigenvalue weighted by atomic mass is 10.2. The fraction of sp³-hybridized carbons (Fsp3) is 0.318. The molecule has 9 heteroatoms. The Morgan fingerprint density at radius 1 is 1.32 bits per heavy atom. The summed E-state index contributed by atoms with van der Waals surface area (Å²) in [5.74, 6) is 0.859. The van der Waals surface area contributed by atoms with Crippen LogP contribution in [0.4, 0.5) is 11.5 Å². The summed E-state index contributed by atoms with van der Waals surface area (Å²) in [7, 11) is 1.92. The van der Waals surface area contributed by atoms with E-state index >= 15 is 0 Å². The molecule has 4 heterocycles. The lowest BCUT2D eigenvalue weighted by Gasteiger charge is -2.18. The van der Waals surface area contributed by atoms with Gasteiger partial charge in [0.15, 0.2) is 5.16 Å². The van der Waals surface area contributed by atoms with Crippen molar-refractivity contribution in [3.63, 3.8) is 0 Å². The molecule has 0 radical (unpaired) electrons. The molecule has 1 fully saturated rings. The van der Waals surface area contributed by atoms with Gasteiger partial charge in [0.1, 0.15) is 11.5 Å². The van der Waals surface area contributed by atoms with Crippen LogP contribution < -0.4 is 16.0 Å². The largest absolute Gasteiger partial charge is 0.388 e. The maximum Gasteiger partial charge on any atom is 0.196 e. The van der Waals surface area contributed by atoms with Crippen LogP contribution in [0.1, 0.15) is 19.0 Å². The Hall–Kier alpha value is -2.55. The van der Waals surface area contributed by atoms with Crippen LogP contribution >= 0.6 is 23.4 Å². The first-order valence-electron chi connectivity index (χ1n) is 10.4. The van der Waals surface area contributed by atoms with Crippen LogP contribution in [0.3, 0.4) is 0 Å². The van der Waals surface area contributed by atoms with E-state index < -0.39 is 0 Å². The number of fused-ring (bicyclic) bond motifs is 2. The van der Waals surface area contributed by atoms with Gasteiger partial charge >= 0.3 is 0 Å². The van der Waals surface area contributed by atoms with Crippen LogP contribution in [0.2, 0.25) is 5.02 Å². The number of aromatic nitrogens is 4. The molecule has 1 atom stereocenters. The van der Waals surface area contributed by atoms with Crippen molar-refractivity contribution in [1.29, 1.82) is 0 Å². The summed E-state index contributed by atoms with van der Waals surface area (Å²) < 4.78 is 0. The predicted octanol–water partition coefficient (Wildman–Crippen LogP) is 4.45. The van der Waals surface area contributed by atoms with Crippen molar-refractivity contribution in [2.45, 2.75) is 35.9 Å². The lowest BCUT2D eigenvalue weighted by Crippen LogP contribution is -2.27. The number of nitrogens with one attached hydrogen (secondary N) is 2. The fourth-order valence-electron chi connectivity index (χ4n) is 4.08. The van der Waals surface area contributed by atoms with Gasteiger partial charge in [0.2, 0.25) is 0 Å². The van der Waals surface area contributed by atoms with Gasteiger partial charge in [-0.25, -0.2) is 9.97 Å². The second kappa shape index (κ2) is 8.18. The first kappa shape index (κ1) is 20.4. The number of H-pyrrole nitrogens is 1. The van der Waals surface area contributed by atoms with Crippen molar-refractivity contribution in [1.82, 2.24) is 19.9 Å². The van der Waals surface area contributed by atoms with Gasteiger partial charge in [-0.15, -0.1) is 0 Å². The van der Waals surface area contributed by atoms with Gasteiger partial charge < -0.3 is 20.9 Å². The Bertz CT molecular complexity index is 1270. The lowest BCUT2D eigenvalue weighted by molar-refractivity contribution is 0.751. The van der Waals surface area contributed by atoms with E-state index in [4.69, 9.17) is 27.3 Å². The van der Waals surface area contributed by atoms with E-state index in [0.29, 0.717) is 10.2 Å². The van der Waals surface area contributed by atoms with Crippen molar-refractivity contribution in [2.24, 2.45) is 5.73 Å². The number of nitrogens with two attached hydrogens (primary N) is 1. The van der Waals surface area contributed by atoms with Crippen molar-refractivity contribution in [3.8, 4) is 0 Å². The average Bonchev–Trinajstić information content (AvgIpc) is 3.35. The number of benzene rings is 1. The van der Waals surface area contributed by atoms with Crippen LogP contribution in [0, 0.1) is 0 Å². The van der Waals surface area contributed by atoms with E-state index in [1.54, 1.807) is 0 Å². The van der Waals surface area contributed by atoms with E-state index in [-0.39, 0.29) is 6.04 Å². The molecule has 5 rings (SSSR count). The number of hydrogen-bond donors (Lipinski definition) is 3. The van der Waals surface area contributed by atoms with Gasteiger partial charge in [-0.3, -0.25) is 4.98 Å². The van der Waals surface area contributed by atoms with Crippen molar-refractivity contribution in [3.05, 3.63) is 41.2 Å². The Morgan fingerprint density at radius 2 is 2.19 bits per heavy atom. The van der Waals surface area contributed by atoms with Crippen LogP contribution in [-0.4, -0.2) is 46.1 Å². The molecule has 0 bridgehead atoms. The summed E-state index contributed by atoms with van der Waals surface area (Å²) in [4.78, 5) is 20.9. The van der Waals surface area contributed by atoms with E-state index in [2.05, 4.69) is 45.3 Å². The standard InChI is InChI=1S/C22H24ClN7S/c1-3-15-19(23)18-20(27-15)28-22(29-21(18)30-9-7-12(24)11-30)31-13-4-5-14-16(25-2)6-8-26-17(14)10-13/h4-6,8,10,12H,3,7,9,11,24H2,1-2H3,(H,25,26)(H,27,28,29). The number of anilines is 2. The van der Waals surface area contributed by atoms with Crippen molar-refractivity contribution in [2.75, 3.05) is 30.4 Å². The molecule has 160 valence electrons. The van der Waals surface area contributed by atoms with E-state index in [9.17, 15) is 0 Å². The number of nitrogens with zero attached hydrogens (tertiary/aromatic N) is 4. The minimum absolute atomic E-state index is 0.150. The van der Waals surface area contributed by atoms with Gasteiger partial charge in [0.25, 0.3) is 0 Å². The highest BCUT2D eigenvalue weighted by Gasteiger charge is 2.26. The Morgan fingerprint density at radius 3 is 2.94 bits per heavy atom. The van der Waals surface area contributed by atoms with Crippen LogP contribution in [-0.2, 0) is 6.42 Å². The maximum absolute atomic E-state index is 6.69. The molecule has 1 aliphatic heterocycles. The Kier molecular flexibility index (Phi) is 5.37.